The van der Waals surface area contributed by atoms with Gasteiger partial charge < -0.3 is 14.9 Å². The number of hydrogen-bond donors (Lipinski definition) is 2. The fraction of sp³-hybridized carbons (Fsp3) is 0.600. The van der Waals surface area contributed by atoms with Crippen LogP contribution in [0.15, 0.2) is 0 Å². The van der Waals surface area contributed by atoms with Crippen LogP contribution in [0.5, 0.6) is 0 Å². The van der Waals surface area contributed by atoms with Crippen LogP contribution in [0.4, 0.5) is 0 Å². The number of hydrogen-bond acceptors (Lipinski definition) is 4. The Hall–Kier alpha value is -1.10. The predicted octanol–water partition coefficient (Wildman–Crippen LogP) is -1.01. The molecule has 0 amide bonds. The fourth-order valence-corrected chi connectivity index (χ4v) is 0.366. The zero-order valence-electron chi connectivity index (χ0n) is 5.40. The fourth-order valence-electron chi connectivity index (χ4n) is 0.366. The van der Waals surface area contributed by atoms with Crippen LogP contribution < -0.4 is 0 Å². The molecule has 0 aromatic carbocycles. The maximum atomic E-state index is 10.1. The Morgan fingerprint density at radius 1 is 1.60 bits per heavy atom. The van der Waals surface area contributed by atoms with E-state index in [1.807, 2.05) is 0 Å². The topological polar surface area (TPSA) is 83.8 Å². The molecule has 0 aromatic rings. The molecule has 0 aliphatic rings. The summed E-state index contributed by atoms with van der Waals surface area (Å²) >= 11 is 0. The van der Waals surface area contributed by atoms with Gasteiger partial charge in [-0.2, -0.15) is 0 Å². The van der Waals surface area contributed by atoms with Crippen molar-refractivity contribution >= 4 is 11.9 Å². The van der Waals surface area contributed by atoms with Crippen molar-refractivity contribution in [3.05, 3.63) is 0 Å². The summed E-state index contributed by atoms with van der Waals surface area (Å²) in [5.41, 5.74) is 0. The van der Waals surface area contributed by atoms with Crippen LogP contribution in [0.2, 0.25) is 0 Å². The van der Waals surface area contributed by atoms with Crippen LogP contribution in [-0.2, 0) is 14.3 Å². The van der Waals surface area contributed by atoms with Gasteiger partial charge in [-0.05, 0) is 0 Å². The number of aliphatic carboxylic acids is 1. The average molecular weight is 148 g/mol. The smallest absolute Gasteiger partial charge is 0.347 e. The van der Waals surface area contributed by atoms with E-state index in [1.54, 1.807) is 0 Å². The van der Waals surface area contributed by atoms with E-state index in [2.05, 4.69) is 4.74 Å². The van der Waals surface area contributed by atoms with Crippen LogP contribution in [0.3, 0.4) is 0 Å². The minimum Gasteiger partial charge on any atom is -0.478 e. The van der Waals surface area contributed by atoms with Crippen molar-refractivity contribution < 1.29 is 24.5 Å². The normalized spacial score (nSPS) is 12.2. The first-order valence-corrected chi connectivity index (χ1v) is 2.58. The minimum atomic E-state index is -1.43. The van der Waals surface area contributed by atoms with Crippen LogP contribution in [0.1, 0.15) is 6.92 Å². The van der Waals surface area contributed by atoms with Gasteiger partial charge in [0.15, 0.2) is 0 Å². The third-order valence-electron chi connectivity index (χ3n) is 0.749. The van der Waals surface area contributed by atoms with E-state index in [0.717, 1.165) is 6.92 Å². The van der Waals surface area contributed by atoms with E-state index in [9.17, 15) is 9.59 Å². The predicted molar refractivity (Wildman–Crippen MR) is 30.3 cm³/mol. The van der Waals surface area contributed by atoms with Crippen molar-refractivity contribution in [3.8, 4) is 0 Å². The molecule has 0 aliphatic heterocycles. The van der Waals surface area contributed by atoms with Crippen molar-refractivity contribution in [2.45, 2.75) is 13.0 Å². The Labute approximate surface area is 57.2 Å². The first kappa shape index (κ1) is 8.90. The molecule has 0 heterocycles. The molecule has 0 fully saturated rings. The van der Waals surface area contributed by atoms with Crippen molar-refractivity contribution in [2.24, 2.45) is 0 Å². The van der Waals surface area contributed by atoms with Crippen molar-refractivity contribution in [1.82, 2.24) is 0 Å². The number of carbonyl (C=O) groups excluding carboxylic acids is 1. The number of ether oxygens (including phenoxy) is 1. The number of esters is 1. The quantitative estimate of drug-likeness (QED) is 0.501. The molecule has 5 nitrogen and oxygen atoms in total. The van der Waals surface area contributed by atoms with Gasteiger partial charge in [-0.25, -0.2) is 4.79 Å². The van der Waals surface area contributed by atoms with Gasteiger partial charge in [-0.1, -0.05) is 0 Å². The maximum Gasteiger partial charge on any atom is 0.347 e. The zero-order valence-corrected chi connectivity index (χ0v) is 5.40. The van der Waals surface area contributed by atoms with E-state index < -0.39 is 24.6 Å². The molecular weight excluding hydrogens is 140 g/mol. The van der Waals surface area contributed by atoms with Gasteiger partial charge in [0.2, 0.25) is 6.10 Å². The average Bonchev–Trinajstić information content (AvgIpc) is 1.81. The van der Waals surface area contributed by atoms with Gasteiger partial charge >= 0.3 is 11.9 Å². The molecule has 0 saturated heterocycles. The van der Waals surface area contributed by atoms with Crippen LogP contribution in [-0.4, -0.2) is 34.9 Å². The molecular formula is C5H8O5. The number of aliphatic hydroxyl groups is 1. The van der Waals surface area contributed by atoms with Gasteiger partial charge in [0, 0.05) is 6.92 Å². The molecule has 5 heteroatoms. The lowest BCUT2D eigenvalue weighted by Crippen LogP contribution is -2.29. The van der Waals surface area contributed by atoms with E-state index >= 15 is 0 Å². The highest BCUT2D eigenvalue weighted by atomic mass is 16.6. The van der Waals surface area contributed by atoms with Crippen molar-refractivity contribution in [2.75, 3.05) is 6.61 Å². The highest BCUT2D eigenvalue weighted by Crippen LogP contribution is 1.90. The maximum absolute atomic E-state index is 10.1. The third kappa shape index (κ3) is 3.03. The zero-order chi connectivity index (χ0) is 8.15. The Balaban J connectivity index is 3.83. The summed E-state index contributed by atoms with van der Waals surface area (Å²) in [4.78, 5) is 20.1. The first-order valence-electron chi connectivity index (χ1n) is 2.58. The highest BCUT2D eigenvalue weighted by molar-refractivity contribution is 5.76. The number of aliphatic hydroxyl groups excluding tert-OH is 1. The highest BCUT2D eigenvalue weighted by Gasteiger charge is 2.18. The summed E-state index contributed by atoms with van der Waals surface area (Å²) < 4.78 is 4.17. The molecule has 58 valence electrons. The SMILES string of the molecule is CC(=O)OC(CO)C(=O)O. The molecule has 1 atom stereocenters. The van der Waals surface area contributed by atoms with E-state index in [-0.39, 0.29) is 0 Å². The molecule has 0 rings (SSSR count). The number of carboxylic acids is 1. The lowest BCUT2D eigenvalue weighted by Gasteiger charge is -2.07. The first-order chi connectivity index (χ1) is 4.57. The van der Waals surface area contributed by atoms with Crippen molar-refractivity contribution in [1.29, 1.82) is 0 Å². The monoisotopic (exact) mass is 148 g/mol. The van der Waals surface area contributed by atoms with Gasteiger partial charge in [0.1, 0.15) is 0 Å². The summed E-state index contributed by atoms with van der Waals surface area (Å²) in [6.45, 7) is 0.376. The van der Waals surface area contributed by atoms with E-state index in [0.29, 0.717) is 0 Å². The Morgan fingerprint density at radius 2 is 2.10 bits per heavy atom. The Kier molecular flexibility index (Phi) is 3.42. The second kappa shape index (κ2) is 3.84. The van der Waals surface area contributed by atoms with Crippen LogP contribution in [0, 0.1) is 0 Å². The molecule has 0 bridgehead atoms. The second-order valence-electron chi connectivity index (χ2n) is 1.62. The molecule has 10 heavy (non-hydrogen) atoms. The summed E-state index contributed by atoms with van der Waals surface area (Å²) in [6.07, 6.45) is -1.43. The largest absolute Gasteiger partial charge is 0.478 e. The standard InChI is InChI=1S/C5H8O5/c1-3(7)10-4(2-6)5(8)9/h4,6H,2H2,1H3,(H,8,9). The summed E-state index contributed by atoms with van der Waals surface area (Å²) in [5.74, 6) is -2.07. The van der Waals surface area contributed by atoms with Gasteiger partial charge in [-0.3, -0.25) is 4.79 Å². The van der Waals surface area contributed by atoms with E-state index in [4.69, 9.17) is 10.2 Å². The Morgan fingerprint density at radius 3 is 2.20 bits per heavy atom. The molecule has 2 N–H and O–H groups in total. The molecule has 0 aromatic heterocycles. The Bertz CT molecular complexity index is 141. The lowest BCUT2D eigenvalue weighted by atomic mass is 10.4. The summed E-state index contributed by atoms with van der Waals surface area (Å²) in [5, 5.41) is 16.5. The molecule has 0 radical (unpaired) electrons. The summed E-state index contributed by atoms with van der Waals surface area (Å²) in [6, 6.07) is 0. The third-order valence-corrected chi connectivity index (χ3v) is 0.749. The number of carbonyl (C=O) groups is 2. The molecule has 0 spiro atoms. The summed E-state index contributed by atoms with van der Waals surface area (Å²) in [7, 11) is 0. The van der Waals surface area contributed by atoms with E-state index in [1.165, 1.54) is 0 Å². The number of rotatable bonds is 3. The number of carboxylic acid groups (broad SMARTS) is 1. The molecule has 1 unspecified atom stereocenters. The van der Waals surface area contributed by atoms with Crippen LogP contribution in [0.25, 0.3) is 0 Å². The van der Waals surface area contributed by atoms with Gasteiger partial charge in [0.25, 0.3) is 0 Å². The van der Waals surface area contributed by atoms with Crippen LogP contribution >= 0.6 is 0 Å². The second-order valence-corrected chi connectivity index (χ2v) is 1.62. The van der Waals surface area contributed by atoms with Gasteiger partial charge in [-0.15, -0.1) is 0 Å². The lowest BCUT2D eigenvalue weighted by molar-refractivity contribution is -0.165. The van der Waals surface area contributed by atoms with Crippen molar-refractivity contribution in [3.63, 3.8) is 0 Å². The molecule has 0 saturated carbocycles. The minimum absolute atomic E-state index is 0.699. The molecule has 0 aliphatic carbocycles. The van der Waals surface area contributed by atoms with Gasteiger partial charge in [0.05, 0.1) is 6.61 Å².